The first-order valence-electron chi connectivity index (χ1n) is 17.9. The smallest absolute Gasteiger partial charge is 0.0555 e. The Morgan fingerprint density at radius 2 is 1.13 bits per heavy atom. The van der Waals surface area contributed by atoms with Crippen molar-refractivity contribution in [3.8, 4) is 45.7 Å². The molecule has 0 bridgehead atoms. The van der Waals surface area contributed by atoms with E-state index in [4.69, 9.17) is 6.42 Å². The number of anilines is 3. The van der Waals surface area contributed by atoms with Gasteiger partial charge in [0.15, 0.2) is 0 Å². The van der Waals surface area contributed by atoms with Crippen molar-refractivity contribution in [3.63, 3.8) is 0 Å². The Kier molecular flexibility index (Phi) is 8.41. The molecule has 9 aromatic rings. The van der Waals surface area contributed by atoms with Crippen molar-refractivity contribution in [1.29, 1.82) is 0 Å². The Labute approximate surface area is 314 Å². The molecule has 0 aliphatic heterocycles. The number of thiophene rings is 1. The first-order chi connectivity index (χ1) is 26.2. The lowest BCUT2D eigenvalue weighted by Gasteiger charge is -2.30. The number of rotatable bonds is 7. The van der Waals surface area contributed by atoms with Crippen LogP contribution in [0.25, 0.3) is 70.4 Å². The van der Waals surface area contributed by atoms with Gasteiger partial charge in [0.25, 0.3) is 0 Å². The van der Waals surface area contributed by atoms with E-state index in [1.54, 1.807) is 0 Å². The highest BCUT2D eigenvalue weighted by molar-refractivity contribution is 7.26. The molecular formula is C51H35NS. The molecule has 250 valence electrons. The highest BCUT2D eigenvalue weighted by Crippen LogP contribution is 2.49. The Morgan fingerprint density at radius 3 is 1.87 bits per heavy atom. The largest absolute Gasteiger partial charge is 0.309 e. The van der Waals surface area contributed by atoms with Crippen LogP contribution in [-0.2, 0) is 0 Å². The summed E-state index contributed by atoms with van der Waals surface area (Å²) in [5, 5.41) is 4.73. The molecule has 1 nitrogen and oxygen atoms in total. The van der Waals surface area contributed by atoms with E-state index in [-0.39, 0.29) is 0 Å². The van der Waals surface area contributed by atoms with Crippen molar-refractivity contribution >= 4 is 65.4 Å². The van der Waals surface area contributed by atoms with Gasteiger partial charge < -0.3 is 4.90 Å². The van der Waals surface area contributed by atoms with Gasteiger partial charge in [0.1, 0.15) is 0 Å². The maximum Gasteiger partial charge on any atom is 0.0555 e. The predicted molar refractivity (Wildman–Crippen MR) is 230 cm³/mol. The molecule has 0 unspecified atom stereocenters. The minimum atomic E-state index is 0.916. The Hall–Kier alpha value is -6.66. The van der Waals surface area contributed by atoms with Crippen LogP contribution in [0.3, 0.4) is 0 Å². The molecule has 53 heavy (non-hydrogen) atoms. The fourth-order valence-corrected chi connectivity index (χ4v) is 8.76. The zero-order valence-corrected chi connectivity index (χ0v) is 30.1. The van der Waals surface area contributed by atoms with Gasteiger partial charge in [-0.05, 0) is 93.5 Å². The van der Waals surface area contributed by atoms with E-state index < -0.39 is 0 Å². The van der Waals surface area contributed by atoms with Crippen LogP contribution in [0.5, 0.6) is 0 Å². The summed E-state index contributed by atoms with van der Waals surface area (Å²) in [5.74, 6) is 2.99. The summed E-state index contributed by atoms with van der Waals surface area (Å²) in [4.78, 5) is 2.47. The van der Waals surface area contributed by atoms with Crippen molar-refractivity contribution < 1.29 is 0 Å². The van der Waals surface area contributed by atoms with Crippen LogP contribution in [0.4, 0.5) is 17.1 Å². The number of fused-ring (bicyclic) bond motifs is 4. The van der Waals surface area contributed by atoms with Crippen LogP contribution >= 0.6 is 11.3 Å². The van der Waals surface area contributed by atoms with E-state index in [9.17, 15) is 0 Å². The summed E-state index contributed by atoms with van der Waals surface area (Å²) in [5.41, 5.74) is 12.2. The first-order valence-corrected chi connectivity index (χ1v) is 18.7. The molecule has 0 atom stereocenters. The Bertz CT molecular complexity index is 2840. The molecule has 0 aliphatic rings. The quantitative estimate of drug-likeness (QED) is 0.150. The van der Waals surface area contributed by atoms with E-state index in [1.807, 2.05) is 18.3 Å². The van der Waals surface area contributed by atoms with Crippen molar-refractivity contribution in [2.45, 2.75) is 6.92 Å². The predicted octanol–water partition coefficient (Wildman–Crippen LogP) is 14.7. The van der Waals surface area contributed by atoms with E-state index in [0.717, 1.165) is 61.2 Å². The summed E-state index contributed by atoms with van der Waals surface area (Å²) in [6.07, 6.45) is 10.3. The maximum absolute atomic E-state index is 6.15. The van der Waals surface area contributed by atoms with Gasteiger partial charge in [0, 0.05) is 37.0 Å². The van der Waals surface area contributed by atoms with Crippen LogP contribution < -0.4 is 4.90 Å². The third-order valence-corrected chi connectivity index (χ3v) is 11.2. The lowest BCUT2D eigenvalue weighted by Crippen LogP contribution is -2.12. The summed E-state index contributed by atoms with van der Waals surface area (Å²) < 4.78 is 2.54. The number of hydrogen-bond donors (Lipinski definition) is 0. The molecule has 1 aromatic heterocycles. The lowest BCUT2D eigenvalue weighted by atomic mass is 9.89. The van der Waals surface area contributed by atoms with Crippen LogP contribution in [0.2, 0.25) is 0 Å². The summed E-state index contributed by atoms with van der Waals surface area (Å²) >= 11 is 1.85. The molecule has 0 amide bonds. The standard InChI is InChI=1S/C51H35NS/c1-3-16-38-33-46(44-22-12-11-21-43(44)41(38)4-2)39-29-32-42(37-19-9-6-10-20-37)48(34-39)52(40-30-27-36(28-31-40)35-17-7-5-8-18-35)47-24-15-26-50-51(47)45-23-13-14-25-49(45)53-50/h2-3,5-34H,1H3/b16-3-. The molecule has 0 saturated heterocycles. The normalized spacial score (nSPS) is 11.4. The van der Waals surface area contributed by atoms with E-state index in [0.29, 0.717) is 0 Å². The van der Waals surface area contributed by atoms with Crippen molar-refractivity contribution in [2.75, 3.05) is 4.90 Å². The number of nitrogens with zero attached hydrogens (tertiary/aromatic N) is 1. The minimum Gasteiger partial charge on any atom is -0.309 e. The molecule has 0 N–H and O–H groups in total. The van der Waals surface area contributed by atoms with Crippen LogP contribution in [0, 0.1) is 12.3 Å². The van der Waals surface area contributed by atoms with Gasteiger partial charge in [-0.1, -0.05) is 152 Å². The van der Waals surface area contributed by atoms with Crippen molar-refractivity contribution in [3.05, 3.63) is 193 Å². The van der Waals surface area contributed by atoms with Crippen molar-refractivity contribution in [1.82, 2.24) is 0 Å². The van der Waals surface area contributed by atoms with E-state index in [1.165, 1.54) is 31.3 Å². The fraction of sp³-hybridized carbons (Fsp3) is 0.0196. The Balaban J connectivity index is 1.36. The summed E-state index contributed by atoms with van der Waals surface area (Å²) in [6.45, 7) is 2.04. The molecule has 1 heterocycles. The van der Waals surface area contributed by atoms with E-state index in [2.05, 4.69) is 199 Å². The average Bonchev–Trinajstić information content (AvgIpc) is 3.61. The molecular weight excluding hydrogens is 659 g/mol. The van der Waals surface area contributed by atoms with Gasteiger partial charge in [-0.2, -0.15) is 0 Å². The zero-order valence-electron chi connectivity index (χ0n) is 29.3. The maximum atomic E-state index is 6.15. The fourth-order valence-electron chi connectivity index (χ4n) is 7.64. The van der Waals surface area contributed by atoms with Gasteiger partial charge >= 0.3 is 0 Å². The number of hydrogen-bond acceptors (Lipinski definition) is 2. The number of allylic oxidation sites excluding steroid dienone is 1. The minimum absolute atomic E-state index is 0.916. The van der Waals surface area contributed by atoms with Crippen LogP contribution in [0.1, 0.15) is 18.1 Å². The Morgan fingerprint density at radius 1 is 0.509 bits per heavy atom. The van der Waals surface area contributed by atoms with Gasteiger partial charge in [0.05, 0.1) is 11.4 Å². The van der Waals surface area contributed by atoms with Gasteiger partial charge in [-0.15, -0.1) is 17.8 Å². The monoisotopic (exact) mass is 693 g/mol. The van der Waals surface area contributed by atoms with Crippen LogP contribution in [0.15, 0.2) is 182 Å². The molecule has 0 saturated carbocycles. The SMILES string of the molecule is C#Cc1c(/C=C\C)cc(-c2ccc(-c3ccccc3)c(N(c3ccc(-c4ccccc4)cc3)c3cccc4sc5ccccc5c34)c2)c2ccccc12. The van der Waals surface area contributed by atoms with Crippen molar-refractivity contribution in [2.24, 2.45) is 0 Å². The topological polar surface area (TPSA) is 3.24 Å². The number of terminal acetylenes is 1. The van der Waals surface area contributed by atoms with E-state index >= 15 is 0 Å². The number of benzene rings is 8. The summed E-state index contributed by atoms with van der Waals surface area (Å²) in [7, 11) is 0. The highest BCUT2D eigenvalue weighted by Gasteiger charge is 2.23. The highest BCUT2D eigenvalue weighted by atomic mass is 32.1. The second-order valence-electron chi connectivity index (χ2n) is 13.2. The van der Waals surface area contributed by atoms with Gasteiger partial charge in [-0.3, -0.25) is 0 Å². The second kappa shape index (κ2) is 13.8. The molecule has 0 spiro atoms. The third-order valence-electron chi connectivity index (χ3n) is 10.1. The van der Waals surface area contributed by atoms with Crippen LogP contribution in [-0.4, -0.2) is 0 Å². The summed E-state index contributed by atoms with van der Waals surface area (Å²) in [6, 6.07) is 63.5. The first kappa shape index (κ1) is 32.3. The molecule has 0 radical (unpaired) electrons. The molecule has 0 aliphatic carbocycles. The lowest BCUT2D eigenvalue weighted by molar-refractivity contribution is 1.30. The second-order valence-corrected chi connectivity index (χ2v) is 14.3. The zero-order chi connectivity index (χ0) is 35.7. The third kappa shape index (κ3) is 5.78. The van der Waals surface area contributed by atoms with Gasteiger partial charge in [0.2, 0.25) is 0 Å². The molecule has 9 rings (SSSR count). The van der Waals surface area contributed by atoms with Gasteiger partial charge in [-0.25, -0.2) is 0 Å². The molecule has 2 heteroatoms. The average molecular weight is 694 g/mol. The molecule has 0 fully saturated rings. The molecule has 8 aromatic carbocycles.